The molecule has 0 saturated heterocycles. The number of aliphatic carboxylic acids is 1. The normalized spacial score (nSPS) is 10.4. The number of hydrogen-bond donors (Lipinski definition) is 1. The average molecular weight is 238 g/mol. The van der Waals surface area contributed by atoms with Gasteiger partial charge in [-0.05, 0) is 17.5 Å². The first-order chi connectivity index (χ1) is 7.99. The van der Waals surface area contributed by atoms with Gasteiger partial charge in [0.2, 0.25) is 0 Å². The van der Waals surface area contributed by atoms with Crippen molar-refractivity contribution in [1.29, 1.82) is 0 Å². The number of carboxylic acid groups (broad SMARTS) is 1. The molecule has 0 heterocycles. The molecule has 0 aromatic heterocycles. The topological polar surface area (TPSA) is 55.8 Å². The smallest absolute Gasteiger partial charge is 0.307 e. The zero-order valence-electron chi connectivity index (χ0n) is 10.6. The summed E-state index contributed by atoms with van der Waals surface area (Å²) in [5.74, 6) is 0.503. The minimum atomic E-state index is -0.883. The molecule has 1 rings (SSSR count). The van der Waals surface area contributed by atoms with Gasteiger partial charge in [-0.3, -0.25) is 4.79 Å². The summed E-state index contributed by atoms with van der Waals surface area (Å²) in [5.41, 5.74) is 1.68. The van der Waals surface area contributed by atoms with E-state index >= 15 is 0 Å². The van der Waals surface area contributed by atoms with Crippen molar-refractivity contribution in [3.05, 3.63) is 23.3 Å². The Morgan fingerprint density at radius 2 is 1.94 bits per heavy atom. The number of rotatable bonds is 5. The van der Waals surface area contributed by atoms with Crippen LogP contribution in [0.15, 0.2) is 12.1 Å². The first-order valence-electron chi connectivity index (χ1n) is 5.46. The van der Waals surface area contributed by atoms with E-state index < -0.39 is 5.97 Å². The summed E-state index contributed by atoms with van der Waals surface area (Å²) in [7, 11) is 3.06. The molecule has 0 spiro atoms. The lowest BCUT2D eigenvalue weighted by Crippen LogP contribution is -2.05. The maximum atomic E-state index is 10.8. The molecule has 4 heteroatoms. The highest BCUT2D eigenvalue weighted by atomic mass is 16.5. The van der Waals surface area contributed by atoms with Gasteiger partial charge in [0.15, 0.2) is 11.5 Å². The molecule has 1 aromatic rings. The number of hydrogen-bond acceptors (Lipinski definition) is 3. The van der Waals surface area contributed by atoms with Crippen molar-refractivity contribution in [1.82, 2.24) is 0 Å². The molecule has 0 unspecified atom stereocenters. The number of carbonyl (C=O) groups is 1. The first-order valence-corrected chi connectivity index (χ1v) is 5.46. The van der Waals surface area contributed by atoms with E-state index in [-0.39, 0.29) is 6.42 Å². The monoisotopic (exact) mass is 238 g/mol. The van der Waals surface area contributed by atoms with Gasteiger partial charge in [0.05, 0.1) is 20.6 Å². The van der Waals surface area contributed by atoms with Gasteiger partial charge in [0.1, 0.15) is 0 Å². The van der Waals surface area contributed by atoms with E-state index in [9.17, 15) is 4.79 Å². The Morgan fingerprint density at radius 1 is 1.29 bits per heavy atom. The quantitative estimate of drug-likeness (QED) is 0.856. The second-order valence-electron chi connectivity index (χ2n) is 4.14. The van der Waals surface area contributed by atoms with Gasteiger partial charge < -0.3 is 14.6 Å². The molecule has 94 valence electrons. The summed E-state index contributed by atoms with van der Waals surface area (Å²) < 4.78 is 10.4. The maximum absolute atomic E-state index is 10.8. The lowest BCUT2D eigenvalue weighted by atomic mass is 9.98. The van der Waals surface area contributed by atoms with E-state index in [0.717, 1.165) is 5.56 Å². The molecule has 1 aromatic carbocycles. The Morgan fingerprint density at radius 3 is 2.35 bits per heavy atom. The van der Waals surface area contributed by atoms with Crippen LogP contribution >= 0.6 is 0 Å². The number of benzene rings is 1. The molecule has 0 saturated carbocycles. The van der Waals surface area contributed by atoms with Gasteiger partial charge in [-0.1, -0.05) is 19.9 Å². The van der Waals surface area contributed by atoms with E-state index in [0.29, 0.717) is 23.0 Å². The largest absolute Gasteiger partial charge is 0.493 e. The molecular formula is C13H18O4. The van der Waals surface area contributed by atoms with Gasteiger partial charge in [0, 0.05) is 5.56 Å². The van der Waals surface area contributed by atoms with Crippen LogP contribution in [-0.2, 0) is 11.2 Å². The van der Waals surface area contributed by atoms with Gasteiger partial charge in [-0.25, -0.2) is 0 Å². The Hall–Kier alpha value is -1.71. The minimum Gasteiger partial charge on any atom is -0.493 e. The summed E-state index contributed by atoms with van der Waals surface area (Å²) in [6.07, 6.45) is -0.0694. The lowest BCUT2D eigenvalue weighted by Gasteiger charge is -2.15. The summed E-state index contributed by atoms with van der Waals surface area (Å²) >= 11 is 0. The second-order valence-corrected chi connectivity index (χ2v) is 4.14. The minimum absolute atomic E-state index is 0.0694. The fourth-order valence-electron chi connectivity index (χ4n) is 1.69. The van der Waals surface area contributed by atoms with E-state index in [1.165, 1.54) is 7.11 Å². The van der Waals surface area contributed by atoms with Crippen LogP contribution in [0, 0.1) is 0 Å². The zero-order valence-corrected chi connectivity index (χ0v) is 10.6. The zero-order chi connectivity index (χ0) is 13.0. The maximum Gasteiger partial charge on any atom is 0.307 e. The van der Waals surface area contributed by atoms with Crippen LogP contribution in [-0.4, -0.2) is 25.3 Å². The van der Waals surface area contributed by atoms with Gasteiger partial charge in [-0.15, -0.1) is 0 Å². The highest BCUT2D eigenvalue weighted by Gasteiger charge is 2.15. The lowest BCUT2D eigenvalue weighted by molar-refractivity contribution is -0.136. The fourth-order valence-corrected chi connectivity index (χ4v) is 1.69. The van der Waals surface area contributed by atoms with Crippen LogP contribution in [0.3, 0.4) is 0 Å². The molecular weight excluding hydrogens is 220 g/mol. The Balaban J connectivity index is 3.31. The molecule has 0 radical (unpaired) electrons. The van der Waals surface area contributed by atoms with Crippen LogP contribution in [0.2, 0.25) is 0 Å². The highest BCUT2D eigenvalue weighted by Crippen LogP contribution is 2.35. The summed E-state index contributed by atoms with van der Waals surface area (Å²) in [6.45, 7) is 4.09. The van der Waals surface area contributed by atoms with Crippen molar-refractivity contribution in [2.24, 2.45) is 0 Å². The van der Waals surface area contributed by atoms with Crippen molar-refractivity contribution >= 4 is 5.97 Å². The average Bonchev–Trinajstić information content (AvgIpc) is 2.26. The second kappa shape index (κ2) is 5.57. The highest BCUT2D eigenvalue weighted by molar-refractivity contribution is 5.72. The molecule has 0 fully saturated rings. The molecule has 0 aliphatic heterocycles. The predicted octanol–water partition coefficient (Wildman–Crippen LogP) is 2.45. The van der Waals surface area contributed by atoms with Crippen molar-refractivity contribution in [3.63, 3.8) is 0 Å². The molecule has 0 bridgehead atoms. The van der Waals surface area contributed by atoms with E-state index in [2.05, 4.69) is 0 Å². The van der Waals surface area contributed by atoms with Gasteiger partial charge in [-0.2, -0.15) is 0 Å². The SMILES string of the molecule is COc1cc(C(C)C)cc(CC(=O)O)c1OC. The van der Waals surface area contributed by atoms with Crippen LogP contribution in [0.1, 0.15) is 30.9 Å². The van der Waals surface area contributed by atoms with Crippen LogP contribution < -0.4 is 9.47 Å². The Labute approximate surface area is 101 Å². The van der Waals surface area contributed by atoms with E-state index in [1.807, 2.05) is 26.0 Å². The van der Waals surface area contributed by atoms with Gasteiger partial charge in [0.25, 0.3) is 0 Å². The number of methoxy groups -OCH3 is 2. The van der Waals surface area contributed by atoms with E-state index in [4.69, 9.17) is 14.6 Å². The van der Waals surface area contributed by atoms with E-state index in [1.54, 1.807) is 7.11 Å². The van der Waals surface area contributed by atoms with Crippen LogP contribution in [0.5, 0.6) is 11.5 Å². The summed E-state index contributed by atoms with van der Waals surface area (Å²) in [5, 5.41) is 8.88. The predicted molar refractivity (Wildman–Crippen MR) is 65.0 cm³/mol. The van der Waals surface area contributed by atoms with Crippen molar-refractivity contribution < 1.29 is 19.4 Å². The Bertz CT molecular complexity index is 410. The van der Waals surface area contributed by atoms with Gasteiger partial charge >= 0.3 is 5.97 Å². The molecule has 0 aliphatic rings. The summed E-state index contributed by atoms with van der Waals surface area (Å²) in [4.78, 5) is 10.8. The molecule has 0 atom stereocenters. The fraction of sp³-hybridized carbons (Fsp3) is 0.462. The van der Waals surface area contributed by atoms with Crippen LogP contribution in [0.25, 0.3) is 0 Å². The summed E-state index contributed by atoms with van der Waals surface area (Å²) in [6, 6.07) is 3.75. The van der Waals surface area contributed by atoms with Crippen molar-refractivity contribution in [2.75, 3.05) is 14.2 Å². The number of carboxylic acids is 1. The third kappa shape index (κ3) is 3.12. The van der Waals surface area contributed by atoms with Crippen molar-refractivity contribution in [2.45, 2.75) is 26.2 Å². The first kappa shape index (κ1) is 13.4. The van der Waals surface area contributed by atoms with Crippen LogP contribution in [0.4, 0.5) is 0 Å². The molecule has 4 nitrogen and oxygen atoms in total. The molecule has 17 heavy (non-hydrogen) atoms. The molecule has 1 N–H and O–H groups in total. The number of ether oxygens (including phenoxy) is 2. The Kier molecular flexibility index (Phi) is 4.37. The standard InChI is InChI=1S/C13H18O4/c1-8(2)9-5-10(7-12(14)15)13(17-4)11(6-9)16-3/h5-6,8H,7H2,1-4H3,(H,14,15). The molecule has 0 aliphatic carbocycles. The molecule has 0 amide bonds. The third-order valence-electron chi connectivity index (χ3n) is 2.59. The third-order valence-corrected chi connectivity index (χ3v) is 2.59. The van der Waals surface area contributed by atoms with Crippen molar-refractivity contribution in [3.8, 4) is 11.5 Å².